The van der Waals surface area contributed by atoms with Crippen molar-refractivity contribution in [3.05, 3.63) is 35.9 Å². The second kappa shape index (κ2) is 6.14. The molecule has 1 aliphatic heterocycles. The van der Waals surface area contributed by atoms with Crippen molar-refractivity contribution < 1.29 is 14.3 Å². The third kappa shape index (κ3) is 3.53. The van der Waals surface area contributed by atoms with E-state index in [2.05, 4.69) is 5.32 Å². The molecule has 1 heterocycles. The largest absolute Gasteiger partial charge is 0.376 e. The SMILES string of the molecule is CC(N)(C(=O)NCC1COCCO1)c1ccccc1. The van der Waals surface area contributed by atoms with Crippen LogP contribution in [0.2, 0.25) is 0 Å². The van der Waals surface area contributed by atoms with Crippen LogP contribution >= 0.6 is 0 Å². The van der Waals surface area contributed by atoms with E-state index >= 15 is 0 Å². The molecule has 2 rings (SSSR count). The average Bonchev–Trinajstić information content (AvgIpc) is 2.46. The molecule has 1 aromatic carbocycles. The van der Waals surface area contributed by atoms with Crippen LogP contribution in [0, 0.1) is 0 Å². The number of hydrogen-bond acceptors (Lipinski definition) is 4. The molecule has 0 spiro atoms. The van der Waals surface area contributed by atoms with Gasteiger partial charge in [-0.15, -0.1) is 0 Å². The first-order valence-electron chi connectivity index (χ1n) is 6.43. The first-order chi connectivity index (χ1) is 9.10. The second-order valence-electron chi connectivity index (χ2n) is 4.85. The molecule has 1 aromatic rings. The third-order valence-corrected chi connectivity index (χ3v) is 3.22. The summed E-state index contributed by atoms with van der Waals surface area (Å²) in [6, 6.07) is 9.32. The molecule has 0 radical (unpaired) electrons. The van der Waals surface area contributed by atoms with Gasteiger partial charge in [0.1, 0.15) is 5.54 Å². The first-order valence-corrected chi connectivity index (χ1v) is 6.43. The van der Waals surface area contributed by atoms with Gasteiger partial charge < -0.3 is 20.5 Å². The molecular formula is C14H20N2O3. The van der Waals surface area contributed by atoms with Gasteiger partial charge in [-0.1, -0.05) is 30.3 Å². The van der Waals surface area contributed by atoms with Crippen molar-refractivity contribution in [1.82, 2.24) is 5.32 Å². The number of hydrogen-bond donors (Lipinski definition) is 2. The topological polar surface area (TPSA) is 73.6 Å². The first kappa shape index (κ1) is 14.0. The van der Waals surface area contributed by atoms with E-state index in [0.29, 0.717) is 26.4 Å². The Kier molecular flexibility index (Phi) is 4.52. The minimum atomic E-state index is -1.04. The molecular weight excluding hydrogens is 244 g/mol. The van der Waals surface area contributed by atoms with Gasteiger partial charge in [-0.2, -0.15) is 0 Å². The fourth-order valence-electron chi connectivity index (χ4n) is 1.96. The van der Waals surface area contributed by atoms with E-state index in [9.17, 15) is 4.79 Å². The maximum absolute atomic E-state index is 12.2. The lowest BCUT2D eigenvalue weighted by atomic mass is 9.92. The third-order valence-electron chi connectivity index (χ3n) is 3.22. The number of carbonyl (C=O) groups excluding carboxylic acids is 1. The number of nitrogens with two attached hydrogens (primary N) is 1. The summed E-state index contributed by atoms with van der Waals surface area (Å²) >= 11 is 0. The predicted octanol–water partition coefficient (Wildman–Crippen LogP) is 0.392. The van der Waals surface area contributed by atoms with Gasteiger partial charge in [0.15, 0.2) is 0 Å². The van der Waals surface area contributed by atoms with Crippen molar-refractivity contribution in [1.29, 1.82) is 0 Å². The average molecular weight is 264 g/mol. The standard InChI is InChI=1S/C14H20N2O3/c1-14(15,11-5-3-2-4-6-11)13(17)16-9-12-10-18-7-8-19-12/h2-6,12H,7-10,15H2,1H3,(H,16,17). The number of carbonyl (C=O) groups is 1. The van der Waals surface area contributed by atoms with Crippen molar-refractivity contribution in [3.63, 3.8) is 0 Å². The molecule has 0 aromatic heterocycles. The Bertz CT molecular complexity index is 414. The van der Waals surface area contributed by atoms with Crippen molar-refractivity contribution in [2.75, 3.05) is 26.4 Å². The number of amides is 1. The van der Waals surface area contributed by atoms with Crippen LogP contribution in [0.5, 0.6) is 0 Å². The number of rotatable bonds is 4. The second-order valence-corrected chi connectivity index (χ2v) is 4.85. The van der Waals surface area contributed by atoms with Gasteiger partial charge in [0.05, 0.1) is 25.9 Å². The van der Waals surface area contributed by atoms with E-state index < -0.39 is 5.54 Å². The molecule has 5 nitrogen and oxygen atoms in total. The molecule has 19 heavy (non-hydrogen) atoms. The van der Waals surface area contributed by atoms with Crippen molar-refractivity contribution in [2.45, 2.75) is 18.6 Å². The Morgan fingerprint density at radius 2 is 2.16 bits per heavy atom. The summed E-state index contributed by atoms with van der Waals surface area (Å²) in [6.45, 7) is 3.81. The predicted molar refractivity (Wildman–Crippen MR) is 71.6 cm³/mol. The molecule has 1 aliphatic rings. The van der Waals surface area contributed by atoms with E-state index in [4.69, 9.17) is 15.2 Å². The zero-order valence-corrected chi connectivity index (χ0v) is 11.1. The maximum Gasteiger partial charge on any atom is 0.244 e. The highest BCUT2D eigenvalue weighted by Gasteiger charge is 2.30. The van der Waals surface area contributed by atoms with Gasteiger partial charge in [-0.05, 0) is 12.5 Å². The van der Waals surface area contributed by atoms with E-state index in [0.717, 1.165) is 5.56 Å². The quantitative estimate of drug-likeness (QED) is 0.825. The Labute approximate surface area is 113 Å². The van der Waals surface area contributed by atoms with Gasteiger partial charge >= 0.3 is 0 Å². The highest BCUT2D eigenvalue weighted by Crippen LogP contribution is 2.17. The fourth-order valence-corrected chi connectivity index (χ4v) is 1.96. The Hall–Kier alpha value is -1.43. The Morgan fingerprint density at radius 1 is 1.42 bits per heavy atom. The minimum Gasteiger partial charge on any atom is -0.376 e. The Morgan fingerprint density at radius 3 is 2.79 bits per heavy atom. The molecule has 1 amide bonds. The summed E-state index contributed by atoms with van der Waals surface area (Å²) in [5.41, 5.74) is 5.85. The number of benzene rings is 1. The number of ether oxygens (including phenoxy) is 2. The number of nitrogens with one attached hydrogen (secondary N) is 1. The molecule has 2 unspecified atom stereocenters. The van der Waals surface area contributed by atoms with Crippen molar-refractivity contribution in [3.8, 4) is 0 Å². The van der Waals surface area contributed by atoms with Gasteiger partial charge in [0, 0.05) is 6.54 Å². The van der Waals surface area contributed by atoms with Gasteiger partial charge in [0.2, 0.25) is 5.91 Å². The monoisotopic (exact) mass is 264 g/mol. The molecule has 1 saturated heterocycles. The Balaban J connectivity index is 1.91. The molecule has 0 bridgehead atoms. The van der Waals surface area contributed by atoms with Crippen LogP contribution in [0.15, 0.2) is 30.3 Å². The minimum absolute atomic E-state index is 0.0933. The molecule has 104 valence electrons. The summed E-state index contributed by atoms with van der Waals surface area (Å²) in [4.78, 5) is 12.2. The van der Waals surface area contributed by atoms with Crippen molar-refractivity contribution in [2.24, 2.45) is 5.73 Å². The van der Waals surface area contributed by atoms with E-state index in [1.165, 1.54) is 0 Å². The van der Waals surface area contributed by atoms with Crippen LogP contribution in [0.3, 0.4) is 0 Å². The lowest BCUT2D eigenvalue weighted by molar-refractivity contribution is -0.128. The molecule has 3 N–H and O–H groups in total. The normalized spacial score (nSPS) is 22.5. The highest BCUT2D eigenvalue weighted by atomic mass is 16.6. The lowest BCUT2D eigenvalue weighted by Gasteiger charge is -2.27. The van der Waals surface area contributed by atoms with Crippen LogP contribution < -0.4 is 11.1 Å². The van der Waals surface area contributed by atoms with E-state index in [1.807, 2.05) is 30.3 Å². The summed E-state index contributed by atoms with van der Waals surface area (Å²) in [7, 11) is 0. The molecule has 1 fully saturated rings. The zero-order chi connectivity index (χ0) is 13.7. The zero-order valence-electron chi connectivity index (χ0n) is 11.1. The van der Waals surface area contributed by atoms with Crippen LogP contribution in [-0.4, -0.2) is 38.4 Å². The van der Waals surface area contributed by atoms with Crippen LogP contribution in [0.4, 0.5) is 0 Å². The molecule has 5 heteroatoms. The van der Waals surface area contributed by atoms with E-state index in [-0.39, 0.29) is 12.0 Å². The van der Waals surface area contributed by atoms with E-state index in [1.54, 1.807) is 6.92 Å². The van der Waals surface area contributed by atoms with Crippen LogP contribution in [0.25, 0.3) is 0 Å². The van der Waals surface area contributed by atoms with Crippen molar-refractivity contribution >= 4 is 5.91 Å². The fraction of sp³-hybridized carbons (Fsp3) is 0.500. The molecule has 2 atom stereocenters. The van der Waals surface area contributed by atoms with Gasteiger partial charge in [-0.25, -0.2) is 0 Å². The maximum atomic E-state index is 12.2. The smallest absolute Gasteiger partial charge is 0.244 e. The molecule has 0 saturated carbocycles. The highest BCUT2D eigenvalue weighted by molar-refractivity contribution is 5.86. The van der Waals surface area contributed by atoms with Crippen LogP contribution in [0.1, 0.15) is 12.5 Å². The summed E-state index contributed by atoms with van der Waals surface area (Å²) < 4.78 is 10.7. The molecule has 0 aliphatic carbocycles. The summed E-state index contributed by atoms with van der Waals surface area (Å²) in [6.07, 6.45) is -0.0933. The summed E-state index contributed by atoms with van der Waals surface area (Å²) in [5, 5.41) is 2.82. The summed E-state index contributed by atoms with van der Waals surface area (Å²) in [5.74, 6) is -0.215. The van der Waals surface area contributed by atoms with Gasteiger partial charge in [-0.3, -0.25) is 4.79 Å². The van der Waals surface area contributed by atoms with Gasteiger partial charge in [0.25, 0.3) is 0 Å². The lowest BCUT2D eigenvalue weighted by Crippen LogP contribution is -2.51. The van der Waals surface area contributed by atoms with Crippen LogP contribution in [-0.2, 0) is 19.8 Å².